The number of phenols is 2. The molecule has 1 saturated heterocycles. The molecule has 6 heteroatoms. The molecule has 0 spiro atoms. The molecule has 2 N–H and O–H groups in total. The van der Waals surface area contributed by atoms with Gasteiger partial charge < -0.3 is 14.9 Å². The number of phenolic OH excluding ortho intramolecular Hbond substituents is 2. The summed E-state index contributed by atoms with van der Waals surface area (Å²) < 4.78 is 18.1. The molecule has 2 aromatic carbocycles. The van der Waals surface area contributed by atoms with Gasteiger partial charge in [0, 0.05) is 18.7 Å². The topological polar surface area (TPSA) is 70.0 Å². The van der Waals surface area contributed by atoms with E-state index in [0.29, 0.717) is 12.1 Å². The van der Waals surface area contributed by atoms with Crippen LogP contribution in [0.3, 0.4) is 0 Å². The minimum atomic E-state index is -0.732. The third kappa shape index (κ3) is 6.46. The van der Waals surface area contributed by atoms with E-state index in [1.165, 1.54) is 31.4 Å². The lowest BCUT2D eigenvalue weighted by molar-refractivity contribution is 0.0940. The predicted molar refractivity (Wildman–Crippen MR) is 116 cm³/mol. The molecule has 164 valence electrons. The molecule has 2 aliphatic rings. The molecule has 1 saturated carbocycles. The van der Waals surface area contributed by atoms with E-state index in [-0.39, 0.29) is 11.5 Å². The highest BCUT2D eigenvalue weighted by Crippen LogP contribution is 2.37. The number of nitrogens with zero attached hydrogens (tertiary/aromatic N) is 1. The van der Waals surface area contributed by atoms with Gasteiger partial charge in [-0.15, -0.1) is 0 Å². The Morgan fingerprint density at radius 3 is 2.20 bits per heavy atom. The van der Waals surface area contributed by atoms with Crippen molar-refractivity contribution in [1.29, 1.82) is 0 Å². The van der Waals surface area contributed by atoms with Gasteiger partial charge in [-0.05, 0) is 67.1 Å². The van der Waals surface area contributed by atoms with E-state index in [9.17, 15) is 9.18 Å². The zero-order valence-electron chi connectivity index (χ0n) is 18.0. The normalized spacial score (nSPS) is 19.7. The predicted octanol–water partition coefficient (Wildman–Crippen LogP) is 4.87. The highest BCUT2D eigenvalue weighted by Gasteiger charge is 2.36. The average molecular weight is 418 g/mol. The van der Waals surface area contributed by atoms with Crippen LogP contribution in [0.2, 0.25) is 0 Å². The number of aromatic hydroxyl groups is 2. The van der Waals surface area contributed by atoms with Crippen LogP contribution < -0.4 is 4.74 Å². The van der Waals surface area contributed by atoms with E-state index in [2.05, 4.69) is 4.90 Å². The van der Waals surface area contributed by atoms with Crippen molar-refractivity contribution in [2.75, 3.05) is 26.7 Å². The summed E-state index contributed by atoms with van der Waals surface area (Å²) in [5.41, 5.74) is 0.340. The van der Waals surface area contributed by atoms with Crippen LogP contribution in [0.5, 0.6) is 17.2 Å². The van der Waals surface area contributed by atoms with Crippen molar-refractivity contribution >= 4 is 5.78 Å². The fourth-order valence-electron chi connectivity index (χ4n) is 4.02. The van der Waals surface area contributed by atoms with Gasteiger partial charge in [0.15, 0.2) is 17.3 Å². The summed E-state index contributed by atoms with van der Waals surface area (Å²) in [6, 6.07) is 10.4. The molecule has 5 nitrogen and oxygen atoms in total. The van der Waals surface area contributed by atoms with Crippen LogP contribution in [0.15, 0.2) is 42.5 Å². The maximum Gasteiger partial charge on any atom is 0.176 e. The Morgan fingerprint density at radius 2 is 1.67 bits per heavy atom. The van der Waals surface area contributed by atoms with E-state index < -0.39 is 11.6 Å². The van der Waals surface area contributed by atoms with Crippen LogP contribution in [0.4, 0.5) is 4.39 Å². The summed E-state index contributed by atoms with van der Waals surface area (Å²) in [5, 5.41) is 17.9. The first kappa shape index (κ1) is 23.7. The molecule has 2 aromatic rings. The number of hydrogen-bond acceptors (Lipinski definition) is 5. The van der Waals surface area contributed by atoms with Crippen LogP contribution in [0.1, 0.15) is 43.5 Å². The van der Waals surface area contributed by atoms with Crippen molar-refractivity contribution in [2.24, 2.45) is 11.8 Å². The Balaban J connectivity index is 0.000000245. The summed E-state index contributed by atoms with van der Waals surface area (Å²) in [5.74, 6) is 1.31. The second-order valence-electron chi connectivity index (χ2n) is 7.43. The number of hydrogen-bond donors (Lipinski definition) is 2. The number of rotatable bonds is 4. The van der Waals surface area contributed by atoms with Gasteiger partial charge in [0.2, 0.25) is 0 Å². The fourth-order valence-corrected chi connectivity index (χ4v) is 4.02. The smallest absolute Gasteiger partial charge is 0.176 e. The van der Waals surface area contributed by atoms with Crippen LogP contribution >= 0.6 is 0 Å². The number of carbonyl (C=O) groups is 1. The van der Waals surface area contributed by atoms with Crippen molar-refractivity contribution in [3.8, 4) is 17.2 Å². The minimum Gasteiger partial charge on any atom is -0.508 e. The lowest BCUT2D eigenvalue weighted by Gasteiger charge is -2.15. The number of likely N-dealkylation sites (tertiary alicyclic amines) is 1. The Hall–Kier alpha value is -2.60. The zero-order chi connectivity index (χ0) is 22.1. The molecule has 30 heavy (non-hydrogen) atoms. The summed E-state index contributed by atoms with van der Waals surface area (Å²) in [6.45, 7) is 6.35. The molecular weight excluding hydrogens is 385 g/mol. The standard InChI is InChI=1S/C15H18FNO2.C7H8O2.C2H6/c16-13-6-10(4-5-14(13)18)15(19)9-17-7-11-2-1-3-12(11)8-17;1-9-7-4-2-6(8)3-5-7;1-2/h4-6,11-12,18H,1-3,7-9H2;2-5,8H,1H3;1-2H3/t11-,12+;;. The van der Waals surface area contributed by atoms with Crippen LogP contribution in [0.25, 0.3) is 0 Å². The maximum absolute atomic E-state index is 13.2. The van der Waals surface area contributed by atoms with Gasteiger partial charge >= 0.3 is 0 Å². The fraction of sp³-hybridized carbons (Fsp3) is 0.458. The SMILES string of the molecule is CC.COc1ccc(O)cc1.O=C(CN1C[C@H]2CCC[C@H]2C1)c1ccc(O)c(F)c1. The highest BCUT2D eigenvalue weighted by molar-refractivity contribution is 5.97. The molecule has 4 rings (SSSR count). The Labute approximate surface area is 178 Å². The lowest BCUT2D eigenvalue weighted by Crippen LogP contribution is -2.28. The molecule has 1 heterocycles. The van der Waals surface area contributed by atoms with Crippen molar-refractivity contribution in [3.05, 3.63) is 53.8 Å². The van der Waals surface area contributed by atoms with Crippen LogP contribution in [-0.4, -0.2) is 47.6 Å². The second-order valence-corrected chi connectivity index (χ2v) is 7.43. The average Bonchev–Trinajstić information content (AvgIpc) is 3.34. The van der Waals surface area contributed by atoms with Gasteiger partial charge in [-0.3, -0.25) is 9.69 Å². The number of methoxy groups -OCH3 is 1. The molecule has 0 amide bonds. The van der Waals surface area contributed by atoms with Crippen molar-refractivity contribution < 1.29 is 24.1 Å². The summed E-state index contributed by atoms with van der Waals surface area (Å²) >= 11 is 0. The number of Topliss-reactive ketones (excluding diaryl/α,β-unsaturated/α-hetero) is 1. The molecule has 0 radical (unpaired) electrons. The highest BCUT2D eigenvalue weighted by atomic mass is 19.1. The quantitative estimate of drug-likeness (QED) is 0.695. The first-order valence-electron chi connectivity index (χ1n) is 10.5. The van der Waals surface area contributed by atoms with Crippen LogP contribution in [-0.2, 0) is 0 Å². The molecule has 1 aliphatic carbocycles. The van der Waals surface area contributed by atoms with Crippen molar-refractivity contribution in [2.45, 2.75) is 33.1 Å². The van der Waals surface area contributed by atoms with Crippen LogP contribution in [0, 0.1) is 17.7 Å². The molecule has 2 atom stereocenters. The van der Waals surface area contributed by atoms with Gasteiger partial charge in [-0.2, -0.15) is 0 Å². The number of fused-ring (bicyclic) bond motifs is 1. The lowest BCUT2D eigenvalue weighted by atomic mass is 10.0. The minimum absolute atomic E-state index is 0.0705. The Kier molecular flexibility index (Phi) is 9.12. The zero-order valence-corrected chi connectivity index (χ0v) is 18.0. The van der Waals surface area contributed by atoms with Gasteiger partial charge in [-0.1, -0.05) is 20.3 Å². The largest absolute Gasteiger partial charge is 0.508 e. The summed E-state index contributed by atoms with van der Waals surface area (Å²) in [6.07, 6.45) is 3.88. The number of ether oxygens (including phenoxy) is 1. The summed E-state index contributed by atoms with van der Waals surface area (Å²) in [7, 11) is 1.59. The summed E-state index contributed by atoms with van der Waals surface area (Å²) in [4.78, 5) is 14.3. The number of ketones is 1. The molecular formula is C24H32FNO4. The number of halogens is 1. The van der Waals surface area contributed by atoms with Gasteiger partial charge in [0.25, 0.3) is 0 Å². The van der Waals surface area contributed by atoms with E-state index in [0.717, 1.165) is 36.7 Å². The number of benzene rings is 2. The third-order valence-corrected chi connectivity index (χ3v) is 5.51. The Bertz CT molecular complexity index is 797. The van der Waals surface area contributed by atoms with Crippen molar-refractivity contribution in [1.82, 2.24) is 4.90 Å². The van der Waals surface area contributed by atoms with Gasteiger partial charge in [0.05, 0.1) is 13.7 Å². The molecule has 0 unspecified atom stereocenters. The molecule has 0 aromatic heterocycles. The first-order valence-corrected chi connectivity index (χ1v) is 10.5. The van der Waals surface area contributed by atoms with E-state index in [1.807, 2.05) is 13.8 Å². The van der Waals surface area contributed by atoms with Gasteiger partial charge in [0.1, 0.15) is 11.5 Å². The monoisotopic (exact) mass is 417 g/mol. The van der Waals surface area contributed by atoms with E-state index >= 15 is 0 Å². The van der Waals surface area contributed by atoms with E-state index in [4.69, 9.17) is 14.9 Å². The Morgan fingerprint density at radius 1 is 1.07 bits per heavy atom. The molecule has 1 aliphatic heterocycles. The molecule has 0 bridgehead atoms. The van der Waals surface area contributed by atoms with E-state index in [1.54, 1.807) is 31.4 Å². The maximum atomic E-state index is 13.2. The van der Waals surface area contributed by atoms with Gasteiger partial charge in [-0.25, -0.2) is 4.39 Å². The molecule has 2 fully saturated rings. The number of carbonyl (C=O) groups excluding carboxylic acids is 1. The second kappa shape index (κ2) is 11.6. The third-order valence-electron chi connectivity index (χ3n) is 5.51. The first-order chi connectivity index (χ1) is 14.5. The van der Waals surface area contributed by atoms with Crippen molar-refractivity contribution in [3.63, 3.8) is 0 Å².